The molecule has 2 heterocycles. The molecule has 1 aromatic carbocycles. The lowest BCUT2D eigenvalue weighted by Crippen LogP contribution is -2.50. The van der Waals surface area contributed by atoms with E-state index in [1.807, 2.05) is 36.9 Å². The van der Waals surface area contributed by atoms with E-state index in [2.05, 4.69) is 10.4 Å². The van der Waals surface area contributed by atoms with E-state index in [1.54, 1.807) is 18.7 Å². The molecule has 3 rings (SSSR count). The first-order valence-corrected chi connectivity index (χ1v) is 10.7. The average Bonchev–Trinajstić information content (AvgIpc) is 2.99. The van der Waals surface area contributed by atoms with E-state index >= 15 is 0 Å². The zero-order chi connectivity index (χ0) is 20.5. The quantitative estimate of drug-likeness (QED) is 0.810. The predicted molar refractivity (Wildman–Crippen MR) is 108 cm³/mol. The number of aromatic nitrogens is 2. The van der Waals surface area contributed by atoms with Gasteiger partial charge in [-0.2, -0.15) is 9.40 Å². The number of sulfonamides is 1. The van der Waals surface area contributed by atoms with Crippen molar-refractivity contribution in [2.45, 2.75) is 25.7 Å². The standard InChI is InChI=1S/C19H27N5O3S/c1-14-6-5-7-17(15(14)2)21-19(25)13-23-8-10-24(11-9-23)28(26,27)18-12-20-22(4)16(18)3/h5-7,12H,8-11,13H2,1-4H3,(H,21,25). The van der Waals surface area contributed by atoms with Crippen LogP contribution < -0.4 is 5.32 Å². The summed E-state index contributed by atoms with van der Waals surface area (Å²) < 4.78 is 28.7. The summed E-state index contributed by atoms with van der Waals surface area (Å²) in [6.07, 6.45) is 1.40. The highest BCUT2D eigenvalue weighted by Gasteiger charge is 2.31. The summed E-state index contributed by atoms with van der Waals surface area (Å²) >= 11 is 0. The SMILES string of the molecule is Cc1cccc(NC(=O)CN2CCN(S(=O)(=O)c3cnn(C)c3C)CC2)c1C. The number of hydrogen-bond acceptors (Lipinski definition) is 5. The summed E-state index contributed by atoms with van der Waals surface area (Å²) in [5.41, 5.74) is 3.62. The highest BCUT2D eigenvalue weighted by molar-refractivity contribution is 7.89. The van der Waals surface area contributed by atoms with Crippen LogP contribution >= 0.6 is 0 Å². The van der Waals surface area contributed by atoms with Crippen molar-refractivity contribution >= 4 is 21.6 Å². The smallest absolute Gasteiger partial charge is 0.246 e. The summed E-state index contributed by atoms with van der Waals surface area (Å²) in [6.45, 7) is 7.71. The Hall–Kier alpha value is -2.23. The Bertz CT molecular complexity index is 975. The van der Waals surface area contributed by atoms with Crippen LogP contribution in [0.3, 0.4) is 0 Å². The second kappa shape index (κ2) is 8.02. The molecular formula is C19H27N5O3S. The van der Waals surface area contributed by atoms with Gasteiger partial charge >= 0.3 is 0 Å². The number of aryl methyl sites for hydroxylation is 2. The number of nitrogens with one attached hydrogen (secondary N) is 1. The molecule has 152 valence electrons. The molecule has 0 bridgehead atoms. The number of nitrogens with zero attached hydrogens (tertiary/aromatic N) is 4. The second-order valence-electron chi connectivity index (χ2n) is 7.19. The van der Waals surface area contributed by atoms with E-state index in [0.717, 1.165) is 16.8 Å². The van der Waals surface area contributed by atoms with E-state index in [0.29, 0.717) is 31.9 Å². The monoisotopic (exact) mass is 405 g/mol. The third kappa shape index (κ3) is 4.11. The normalized spacial score (nSPS) is 16.3. The van der Waals surface area contributed by atoms with E-state index in [-0.39, 0.29) is 17.3 Å². The van der Waals surface area contributed by atoms with Crippen LogP contribution in [0.2, 0.25) is 0 Å². The van der Waals surface area contributed by atoms with Gasteiger partial charge in [0.15, 0.2) is 0 Å². The van der Waals surface area contributed by atoms with Crippen LogP contribution in [0.5, 0.6) is 0 Å². The van der Waals surface area contributed by atoms with Gasteiger partial charge in [-0.05, 0) is 38.0 Å². The Labute approximate surface area is 166 Å². The average molecular weight is 406 g/mol. The zero-order valence-corrected chi connectivity index (χ0v) is 17.6. The molecule has 0 spiro atoms. The molecule has 2 aromatic rings. The van der Waals surface area contributed by atoms with E-state index in [9.17, 15) is 13.2 Å². The predicted octanol–water partition coefficient (Wildman–Crippen LogP) is 1.29. The lowest BCUT2D eigenvalue weighted by molar-refractivity contribution is -0.117. The largest absolute Gasteiger partial charge is 0.325 e. The van der Waals surface area contributed by atoms with Crippen LogP contribution in [0.4, 0.5) is 5.69 Å². The number of benzene rings is 1. The molecule has 1 N–H and O–H groups in total. The first-order valence-electron chi connectivity index (χ1n) is 9.27. The minimum Gasteiger partial charge on any atom is -0.325 e. The van der Waals surface area contributed by atoms with Gasteiger partial charge in [-0.25, -0.2) is 8.42 Å². The zero-order valence-electron chi connectivity index (χ0n) is 16.8. The van der Waals surface area contributed by atoms with Crippen LogP contribution in [-0.2, 0) is 21.9 Å². The second-order valence-corrected chi connectivity index (χ2v) is 9.10. The van der Waals surface area contributed by atoms with Crippen molar-refractivity contribution < 1.29 is 13.2 Å². The summed E-state index contributed by atoms with van der Waals surface area (Å²) in [6, 6.07) is 5.82. The van der Waals surface area contributed by atoms with Crippen molar-refractivity contribution in [2.24, 2.45) is 7.05 Å². The fourth-order valence-corrected chi connectivity index (χ4v) is 4.89. The highest BCUT2D eigenvalue weighted by Crippen LogP contribution is 2.21. The molecule has 9 heteroatoms. The van der Waals surface area contributed by atoms with Crippen molar-refractivity contribution in [3.8, 4) is 0 Å². The fraction of sp³-hybridized carbons (Fsp3) is 0.474. The summed E-state index contributed by atoms with van der Waals surface area (Å²) in [4.78, 5) is 14.6. The maximum absolute atomic E-state index is 12.8. The summed E-state index contributed by atoms with van der Waals surface area (Å²) in [5.74, 6) is -0.0897. The van der Waals surface area contributed by atoms with Crippen LogP contribution in [-0.4, -0.2) is 66.0 Å². The number of carbonyl (C=O) groups excluding carboxylic acids is 1. The lowest BCUT2D eigenvalue weighted by Gasteiger charge is -2.33. The number of anilines is 1. The minimum atomic E-state index is -3.56. The van der Waals surface area contributed by atoms with Gasteiger partial charge in [0.2, 0.25) is 15.9 Å². The van der Waals surface area contributed by atoms with Crippen molar-refractivity contribution in [1.29, 1.82) is 0 Å². The number of carbonyl (C=O) groups is 1. The molecule has 1 amide bonds. The Balaban J connectivity index is 1.57. The van der Waals surface area contributed by atoms with Gasteiger partial charge in [-0.1, -0.05) is 12.1 Å². The Morgan fingerprint density at radius 1 is 1.14 bits per heavy atom. The number of hydrogen-bond donors (Lipinski definition) is 1. The van der Waals surface area contributed by atoms with Gasteiger partial charge in [0, 0.05) is 38.9 Å². The number of rotatable bonds is 5. The van der Waals surface area contributed by atoms with Crippen LogP contribution in [0, 0.1) is 20.8 Å². The molecule has 1 fully saturated rings. The van der Waals surface area contributed by atoms with Gasteiger partial charge in [0.25, 0.3) is 0 Å². The summed E-state index contributed by atoms with van der Waals surface area (Å²) in [5, 5.41) is 6.98. The fourth-order valence-electron chi connectivity index (χ4n) is 3.28. The molecule has 28 heavy (non-hydrogen) atoms. The van der Waals surface area contributed by atoms with Gasteiger partial charge in [0.05, 0.1) is 18.4 Å². The van der Waals surface area contributed by atoms with Crippen LogP contribution in [0.15, 0.2) is 29.3 Å². The third-order valence-electron chi connectivity index (χ3n) is 5.39. The Kier molecular flexibility index (Phi) is 5.87. The minimum absolute atomic E-state index is 0.0897. The van der Waals surface area contributed by atoms with Gasteiger partial charge < -0.3 is 5.32 Å². The maximum atomic E-state index is 12.8. The van der Waals surface area contributed by atoms with Crippen molar-refractivity contribution in [2.75, 3.05) is 38.0 Å². The van der Waals surface area contributed by atoms with Crippen molar-refractivity contribution in [3.63, 3.8) is 0 Å². The molecule has 0 aliphatic carbocycles. The van der Waals surface area contributed by atoms with Crippen LogP contribution in [0.25, 0.3) is 0 Å². The molecule has 0 radical (unpaired) electrons. The molecule has 0 atom stereocenters. The van der Waals surface area contributed by atoms with Crippen molar-refractivity contribution in [3.05, 3.63) is 41.2 Å². The lowest BCUT2D eigenvalue weighted by atomic mass is 10.1. The van der Waals surface area contributed by atoms with Gasteiger partial charge in [0.1, 0.15) is 4.90 Å². The molecule has 1 aliphatic heterocycles. The number of amides is 1. The highest BCUT2D eigenvalue weighted by atomic mass is 32.2. The Morgan fingerprint density at radius 2 is 1.82 bits per heavy atom. The van der Waals surface area contributed by atoms with E-state index < -0.39 is 10.0 Å². The molecular weight excluding hydrogens is 378 g/mol. The third-order valence-corrected chi connectivity index (χ3v) is 7.39. The first kappa shape index (κ1) is 20.5. The molecule has 8 nitrogen and oxygen atoms in total. The molecule has 1 aromatic heterocycles. The molecule has 1 saturated heterocycles. The van der Waals surface area contributed by atoms with Gasteiger partial charge in [-0.15, -0.1) is 0 Å². The molecule has 0 saturated carbocycles. The Morgan fingerprint density at radius 3 is 2.43 bits per heavy atom. The first-order chi connectivity index (χ1) is 13.2. The van der Waals surface area contributed by atoms with Crippen molar-refractivity contribution in [1.82, 2.24) is 19.0 Å². The maximum Gasteiger partial charge on any atom is 0.246 e. The molecule has 1 aliphatic rings. The van der Waals surface area contributed by atoms with Crippen LogP contribution in [0.1, 0.15) is 16.8 Å². The summed E-state index contributed by atoms with van der Waals surface area (Å²) in [7, 11) is -1.84. The van der Waals surface area contributed by atoms with E-state index in [1.165, 1.54) is 10.5 Å². The number of piperazine rings is 1. The van der Waals surface area contributed by atoms with Gasteiger partial charge in [-0.3, -0.25) is 14.4 Å². The van der Waals surface area contributed by atoms with E-state index in [4.69, 9.17) is 0 Å². The molecule has 0 unspecified atom stereocenters. The topological polar surface area (TPSA) is 87.5 Å².